The molecule has 1 aromatic carbocycles. The largest absolute Gasteiger partial charge is 0.205 e. The van der Waals surface area contributed by atoms with Crippen molar-refractivity contribution in [2.24, 2.45) is 4.99 Å². The average molecular weight is 182 g/mol. The van der Waals surface area contributed by atoms with Crippen LogP contribution in [0, 0.1) is 0 Å². The second-order valence-electron chi connectivity index (χ2n) is 2.09. The number of fused-ring (bicyclic) bond motifs is 1. The number of nitrogens with zero attached hydrogens (tertiary/aromatic N) is 1. The van der Waals surface area contributed by atoms with E-state index < -0.39 is 0 Å². The molecule has 0 atom stereocenters. The highest BCUT2D eigenvalue weighted by Gasteiger charge is 2.03. The van der Waals surface area contributed by atoms with Crippen molar-refractivity contribution in [3.8, 4) is 0 Å². The number of rotatable bonds is 0. The van der Waals surface area contributed by atoms with E-state index in [0.29, 0.717) is 0 Å². The minimum absolute atomic E-state index is 0.719. The molecule has 1 aliphatic heterocycles. The van der Waals surface area contributed by atoms with Crippen LogP contribution in [0.4, 0.5) is 5.69 Å². The maximum atomic E-state index is 5.77. The van der Waals surface area contributed by atoms with E-state index in [1.54, 1.807) is 11.8 Å². The van der Waals surface area contributed by atoms with Gasteiger partial charge in [0.15, 0.2) is 0 Å². The van der Waals surface area contributed by atoms with Crippen molar-refractivity contribution < 1.29 is 0 Å². The van der Waals surface area contributed by atoms with Gasteiger partial charge in [-0.1, -0.05) is 23.4 Å². The van der Waals surface area contributed by atoms with Gasteiger partial charge in [0.2, 0.25) is 0 Å². The van der Waals surface area contributed by atoms with Crippen LogP contribution in [0.3, 0.4) is 0 Å². The maximum absolute atomic E-state index is 5.77. The summed E-state index contributed by atoms with van der Waals surface area (Å²) in [4.78, 5) is 5.18. The van der Waals surface area contributed by atoms with Crippen LogP contribution < -0.4 is 0 Å². The lowest BCUT2D eigenvalue weighted by Gasteiger charge is -2.03. The van der Waals surface area contributed by atoms with Crippen molar-refractivity contribution in [1.29, 1.82) is 0 Å². The zero-order valence-corrected chi connectivity index (χ0v) is 7.12. The Morgan fingerprint density at radius 2 is 2.36 bits per heavy atom. The first-order valence-corrected chi connectivity index (χ1v) is 4.36. The number of thioether (sulfide) groups is 1. The highest BCUT2D eigenvalue weighted by molar-refractivity contribution is 8.02. The van der Waals surface area contributed by atoms with Crippen molar-refractivity contribution in [2.75, 3.05) is 0 Å². The van der Waals surface area contributed by atoms with Crippen LogP contribution in [0.2, 0.25) is 5.02 Å². The third kappa shape index (κ3) is 1.33. The quantitative estimate of drug-likeness (QED) is 0.599. The van der Waals surface area contributed by atoms with Gasteiger partial charge in [0.1, 0.15) is 0 Å². The van der Waals surface area contributed by atoms with E-state index in [0.717, 1.165) is 15.6 Å². The molecule has 0 saturated carbocycles. The van der Waals surface area contributed by atoms with Crippen LogP contribution in [-0.2, 0) is 0 Å². The van der Waals surface area contributed by atoms with Crippen LogP contribution in [0.5, 0.6) is 0 Å². The molecule has 0 fully saturated rings. The van der Waals surface area contributed by atoms with Crippen LogP contribution in [0.25, 0.3) is 0 Å². The fourth-order valence-corrected chi connectivity index (χ4v) is 1.63. The normalized spacial score (nSPS) is 13.2. The Morgan fingerprint density at radius 1 is 1.45 bits per heavy atom. The van der Waals surface area contributed by atoms with Crippen LogP contribution >= 0.6 is 23.4 Å². The standard InChI is InChI=1S/C8H4ClNS/c9-6-1-2-8-7(5-6)10-3-4-11-8/h1-2,4-5H. The zero-order valence-electron chi connectivity index (χ0n) is 5.54. The number of hydrogen-bond acceptors (Lipinski definition) is 2. The SMILES string of the molecule is Clc1ccc2c(c1)N=C=CS2. The van der Waals surface area contributed by atoms with Crippen LogP contribution in [0.1, 0.15) is 0 Å². The molecule has 1 nitrogen and oxygen atoms in total. The third-order valence-corrected chi connectivity index (χ3v) is 2.40. The number of hydrogen-bond donors (Lipinski definition) is 0. The first-order chi connectivity index (χ1) is 5.36. The maximum Gasteiger partial charge on any atom is 0.0884 e. The molecule has 1 aromatic rings. The van der Waals surface area contributed by atoms with E-state index in [-0.39, 0.29) is 0 Å². The van der Waals surface area contributed by atoms with Gasteiger partial charge in [-0.15, -0.1) is 0 Å². The molecule has 11 heavy (non-hydrogen) atoms. The van der Waals surface area contributed by atoms with Gasteiger partial charge in [0.05, 0.1) is 5.69 Å². The van der Waals surface area contributed by atoms with Gasteiger partial charge in [0, 0.05) is 15.3 Å². The lowest BCUT2D eigenvalue weighted by molar-refractivity contribution is 1.38. The monoisotopic (exact) mass is 181 g/mol. The van der Waals surface area contributed by atoms with Crippen molar-refractivity contribution in [1.82, 2.24) is 0 Å². The molecule has 0 N–H and O–H groups in total. The van der Waals surface area contributed by atoms with Gasteiger partial charge in [-0.2, -0.15) is 0 Å². The Hall–Kier alpha value is -0.690. The lowest BCUT2D eigenvalue weighted by atomic mass is 10.3. The topological polar surface area (TPSA) is 12.4 Å². The molecule has 1 aliphatic rings. The molecule has 3 heteroatoms. The Kier molecular flexibility index (Phi) is 1.74. The molecule has 0 unspecified atom stereocenters. The summed E-state index contributed by atoms with van der Waals surface area (Å²) in [6, 6.07) is 5.66. The Balaban J connectivity index is 2.62. The molecule has 0 aliphatic carbocycles. The summed E-state index contributed by atoms with van der Waals surface area (Å²) >= 11 is 7.38. The first kappa shape index (κ1) is 6.99. The molecular formula is C8H4ClNS. The van der Waals surface area contributed by atoms with Crippen molar-refractivity contribution in [3.63, 3.8) is 0 Å². The summed E-state index contributed by atoms with van der Waals surface area (Å²) in [6.07, 6.45) is 0. The highest BCUT2D eigenvalue weighted by Crippen LogP contribution is 2.33. The second kappa shape index (κ2) is 2.74. The predicted molar refractivity (Wildman–Crippen MR) is 49.0 cm³/mol. The number of benzene rings is 1. The van der Waals surface area contributed by atoms with Gasteiger partial charge in [-0.25, -0.2) is 4.99 Å². The fourth-order valence-electron chi connectivity index (χ4n) is 0.863. The molecule has 54 valence electrons. The second-order valence-corrected chi connectivity index (χ2v) is 3.44. The molecule has 1 heterocycles. The smallest absolute Gasteiger partial charge is 0.0884 e. The fraction of sp³-hybridized carbons (Fsp3) is 0. The van der Waals surface area contributed by atoms with Crippen molar-refractivity contribution in [2.45, 2.75) is 4.90 Å². The molecule has 0 saturated heterocycles. The van der Waals surface area contributed by atoms with E-state index in [9.17, 15) is 0 Å². The first-order valence-electron chi connectivity index (χ1n) is 3.10. The van der Waals surface area contributed by atoms with Crippen LogP contribution in [-0.4, -0.2) is 5.87 Å². The van der Waals surface area contributed by atoms with Gasteiger partial charge in [0.25, 0.3) is 0 Å². The Bertz CT molecular complexity index is 353. The Labute approximate surface area is 73.8 Å². The summed E-state index contributed by atoms with van der Waals surface area (Å²) in [5.41, 5.74) is 0.907. The zero-order chi connectivity index (χ0) is 7.68. The number of aliphatic imine (C=N–C) groups is 1. The Morgan fingerprint density at radius 3 is 3.27 bits per heavy atom. The van der Waals surface area contributed by atoms with E-state index in [4.69, 9.17) is 11.6 Å². The summed E-state index contributed by atoms with van der Waals surface area (Å²) < 4.78 is 0. The van der Waals surface area contributed by atoms with E-state index in [1.807, 2.05) is 23.6 Å². The molecule has 0 amide bonds. The summed E-state index contributed by atoms with van der Waals surface area (Å²) in [7, 11) is 0. The molecule has 0 spiro atoms. The predicted octanol–water partition coefficient (Wildman–Crippen LogP) is 3.26. The molecular weight excluding hydrogens is 178 g/mol. The summed E-state index contributed by atoms with van der Waals surface area (Å²) in [5, 5.41) is 2.55. The van der Waals surface area contributed by atoms with Crippen molar-refractivity contribution >= 4 is 34.9 Å². The third-order valence-electron chi connectivity index (χ3n) is 1.34. The summed E-state index contributed by atoms with van der Waals surface area (Å²) in [5.74, 6) is 2.77. The average Bonchev–Trinajstić information content (AvgIpc) is 2.04. The minimum atomic E-state index is 0.719. The van der Waals surface area contributed by atoms with E-state index in [2.05, 4.69) is 10.9 Å². The van der Waals surface area contributed by atoms with Crippen LogP contribution in [0.15, 0.2) is 33.5 Å². The van der Waals surface area contributed by atoms with Gasteiger partial charge in [-0.3, -0.25) is 0 Å². The van der Waals surface area contributed by atoms with E-state index in [1.165, 1.54) is 0 Å². The van der Waals surface area contributed by atoms with E-state index >= 15 is 0 Å². The highest BCUT2D eigenvalue weighted by atomic mass is 35.5. The van der Waals surface area contributed by atoms with Gasteiger partial charge < -0.3 is 0 Å². The minimum Gasteiger partial charge on any atom is -0.205 e. The molecule has 0 bridgehead atoms. The van der Waals surface area contributed by atoms with Gasteiger partial charge >= 0.3 is 0 Å². The summed E-state index contributed by atoms with van der Waals surface area (Å²) in [6.45, 7) is 0. The van der Waals surface area contributed by atoms with Gasteiger partial charge in [-0.05, 0) is 24.1 Å². The molecule has 0 radical (unpaired) electrons. The lowest BCUT2D eigenvalue weighted by Crippen LogP contribution is -1.75. The number of halogens is 1. The van der Waals surface area contributed by atoms with Crippen molar-refractivity contribution in [3.05, 3.63) is 28.6 Å². The molecule has 0 aromatic heterocycles. The molecule has 2 rings (SSSR count).